The van der Waals surface area contributed by atoms with Gasteiger partial charge in [0.2, 0.25) is 11.8 Å². The van der Waals surface area contributed by atoms with Gasteiger partial charge in [-0.25, -0.2) is 0 Å². The molecule has 1 aromatic rings. The summed E-state index contributed by atoms with van der Waals surface area (Å²) in [5.74, 6) is 0.0876. The average Bonchev–Trinajstić information content (AvgIpc) is 3.03. The van der Waals surface area contributed by atoms with E-state index >= 15 is 0 Å². The number of amides is 2. The summed E-state index contributed by atoms with van der Waals surface area (Å²) in [4.78, 5) is 26.6. The van der Waals surface area contributed by atoms with E-state index in [4.69, 9.17) is 0 Å². The summed E-state index contributed by atoms with van der Waals surface area (Å²) in [6, 6.07) is 10.1. The average molecular weight is 300 g/mol. The first-order valence-electron chi connectivity index (χ1n) is 8.28. The molecule has 1 heterocycles. The van der Waals surface area contributed by atoms with Crippen molar-refractivity contribution in [3.8, 4) is 0 Å². The highest BCUT2D eigenvalue weighted by atomic mass is 16.2. The maximum atomic E-state index is 12.7. The number of benzene rings is 1. The summed E-state index contributed by atoms with van der Waals surface area (Å²) in [5, 5.41) is 3.21. The minimum Gasteiger partial charge on any atom is -0.353 e. The molecule has 22 heavy (non-hydrogen) atoms. The van der Waals surface area contributed by atoms with Crippen LogP contribution in [0, 0.1) is 5.92 Å². The van der Waals surface area contributed by atoms with E-state index in [1.54, 1.807) is 4.90 Å². The zero-order chi connectivity index (χ0) is 15.5. The van der Waals surface area contributed by atoms with Gasteiger partial charge in [-0.2, -0.15) is 0 Å². The van der Waals surface area contributed by atoms with Gasteiger partial charge >= 0.3 is 0 Å². The standard InChI is InChI=1S/C18H24N2O2/c1-20-16(21)12-11-15(17(20)13-7-3-2-4-8-13)18(22)19-14-9-5-6-10-14/h2-4,7-8,14-15,17H,5-6,9-12H2,1H3,(H,19,22)/t15-,17-/m0/s1. The van der Waals surface area contributed by atoms with Crippen LogP contribution in [0.4, 0.5) is 0 Å². The summed E-state index contributed by atoms with van der Waals surface area (Å²) in [6.45, 7) is 0. The van der Waals surface area contributed by atoms with Crippen LogP contribution >= 0.6 is 0 Å². The third kappa shape index (κ3) is 3.01. The second-order valence-corrected chi connectivity index (χ2v) is 6.50. The Bertz CT molecular complexity index is 537. The molecule has 118 valence electrons. The number of hydrogen-bond donors (Lipinski definition) is 1. The Hall–Kier alpha value is -1.84. The Balaban J connectivity index is 1.80. The third-order valence-electron chi connectivity index (χ3n) is 5.04. The largest absolute Gasteiger partial charge is 0.353 e. The lowest BCUT2D eigenvalue weighted by Gasteiger charge is -2.39. The number of piperidine rings is 1. The van der Waals surface area contributed by atoms with E-state index in [-0.39, 0.29) is 23.8 Å². The fourth-order valence-electron chi connectivity index (χ4n) is 3.80. The molecule has 0 radical (unpaired) electrons. The van der Waals surface area contributed by atoms with E-state index in [9.17, 15) is 9.59 Å². The van der Waals surface area contributed by atoms with Gasteiger partial charge in [0.15, 0.2) is 0 Å². The van der Waals surface area contributed by atoms with Crippen molar-refractivity contribution in [3.05, 3.63) is 35.9 Å². The number of carbonyl (C=O) groups is 2. The molecule has 1 aliphatic carbocycles. The molecule has 2 amide bonds. The molecule has 4 nitrogen and oxygen atoms in total. The normalized spacial score (nSPS) is 26.2. The number of likely N-dealkylation sites (tertiary alicyclic amines) is 1. The quantitative estimate of drug-likeness (QED) is 0.933. The van der Waals surface area contributed by atoms with Gasteiger partial charge in [0.05, 0.1) is 12.0 Å². The molecule has 2 atom stereocenters. The highest BCUT2D eigenvalue weighted by molar-refractivity contribution is 5.85. The van der Waals surface area contributed by atoms with Gasteiger partial charge in [-0.15, -0.1) is 0 Å². The van der Waals surface area contributed by atoms with Crippen LogP contribution in [0.3, 0.4) is 0 Å². The molecule has 2 aliphatic rings. The highest BCUT2D eigenvalue weighted by Crippen LogP contribution is 2.36. The Morgan fingerprint density at radius 1 is 1.14 bits per heavy atom. The van der Waals surface area contributed by atoms with E-state index in [2.05, 4.69) is 5.32 Å². The molecule has 3 rings (SSSR count). The molecule has 1 saturated heterocycles. The molecule has 0 aromatic heterocycles. The van der Waals surface area contributed by atoms with Crippen molar-refractivity contribution < 1.29 is 9.59 Å². The van der Waals surface area contributed by atoms with Gasteiger partial charge in [-0.3, -0.25) is 9.59 Å². The Morgan fingerprint density at radius 3 is 2.50 bits per heavy atom. The molecule has 4 heteroatoms. The number of rotatable bonds is 3. The number of carbonyl (C=O) groups excluding carboxylic acids is 2. The zero-order valence-electron chi connectivity index (χ0n) is 13.1. The lowest BCUT2D eigenvalue weighted by Crippen LogP contribution is -2.48. The molecular formula is C18H24N2O2. The summed E-state index contributed by atoms with van der Waals surface area (Å²) in [5.41, 5.74) is 1.05. The first kappa shape index (κ1) is 15.1. The number of nitrogens with one attached hydrogen (secondary N) is 1. The second-order valence-electron chi connectivity index (χ2n) is 6.50. The van der Waals surface area contributed by atoms with Crippen LogP contribution in [0.5, 0.6) is 0 Å². The SMILES string of the molecule is CN1C(=O)CC[C@H](C(=O)NC2CCCC2)[C@@H]1c1ccccc1. The molecule has 1 saturated carbocycles. The van der Waals surface area contributed by atoms with Crippen LogP contribution in [0.25, 0.3) is 0 Å². The minimum absolute atomic E-state index is 0.111. The van der Waals surface area contributed by atoms with Gasteiger partial charge in [0.25, 0.3) is 0 Å². The minimum atomic E-state index is -0.149. The smallest absolute Gasteiger partial charge is 0.225 e. The molecule has 1 aliphatic heterocycles. The summed E-state index contributed by atoms with van der Waals surface area (Å²) >= 11 is 0. The number of nitrogens with zero attached hydrogens (tertiary/aromatic N) is 1. The maximum absolute atomic E-state index is 12.7. The van der Waals surface area contributed by atoms with Crippen LogP contribution in [0.2, 0.25) is 0 Å². The topological polar surface area (TPSA) is 49.4 Å². The molecule has 0 spiro atoms. The second kappa shape index (κ2) is 6.51. The summed E-state index contributed by atoms with van der Waals surface area (Å²) in [7, 11) is 1.81. The van der Waals surface area contributed by atoms with Crippen LogP contribution in [-0.2, 0) is 9.59 Å². The first-order valence-corrected chi connectivity index (χ1v) is 8.28. The summed E-state index contributed by atoms with van der Waals surface area (Å²) < 4.78 is 0. The van der Waals surface area contributed by atoms with Crippen LogP contribution in [-0.4, -0.2) is 29.8 Å². The molecule has 0 unspecified atom stereocenters. The third-order valence-corrected chi connectivity index (χ3v) is 5.04. The van der Waals surface area contributed by atoms with Crippen molar-refractivity contribution in [2.45, 2.75) is 50.6 Å². The lowest BCUT2D eigenvalue weighted by molar-refractivity contribution is -0.141. The first-order chi connectivity index (χ1) is 10.7. The molecule has 0 bridgehead atoms. The maximum Gasteiger partial charge on any atom is 0.225 e. The van der Waals surface area contributed by atoms with E-state index in [1.807, 2.05) is 37.4 Å². The van der Waals surface area contributed by atoms with Gasteiger partial charge in [0, 0.05) is 19.5 Å². The summed E-state index contributed by atoms with van der Waals surface area (Å²) in [6.07, 6.45) is 5.68. The Kier molecular flexibility index (Phi) is 4.46. The van der Waals surface area contributed by atoms with Crippen molar-refractivity contribution in [1.29, 1.82) is 0 Å². The van der Waals surface area contributed by atoms with Crippen molar-refractivity contribution >= 4 is 11.8 Å². The van der Waals surface area contributed by atoms with Gasteiger partial charge in [-0.1, -0.05) is 43.2 Å². The Labute approximate surface area is 131 Å². The fourth-order valence-corrected chi connectivity index (χ4v) is 3.80. The van der Waals surface area contributed by atoms with E-state index in [1.165, 1.54) is 12.8 Å². The van der Waals surface area contributed by atoms with E-state index in [0.29, 0.717) is 18.9 Å². The van der Waals surface area contributed by atoms with Crippen molar-refractivity contribution in [3.63, 3.8) is 0 Å². The van der Waals surface area contributed by atoms with Crippen molar-refractivity contribution in [2.75, 3.05) is 7.05 Å². The predicted molar refractivity (Wildman–Crippen MR) is 85.1 cm³/mol. The number of hydrogen-bond acceptors (Lipinski definition) is 2. The van der Waals surface area contributed by atoms with Gasteiger partial charge in [-0.05, 0) is 24.8 Å². The van der Waals surface area contributed by atoms with Crippen LogP contribution < -0.4 is 5.32 Å². The van der Waals surface area contributed by atoms with Crippen LogP contribution in [0.1, 0.15) is 50.1 Å². The predicted octanol–water partition coefficient (Wildman–Crippen LogP) is 2.65. The molecule has 1 aromatic carbocycles. The fraction of sp³-hybridized carbons (Fsp3) is 0.556. The lowest BCUT2D eigenvalue weighted by atomic mass is 9.84. The molecular weight excluding hydrogens is 276 g/mol. The van der Waals surface area contributed by atoms with Gasteiger partial charge < -0.3 is 10.2 Å². The van der Waals surface area contributed by atoms with E-state index < -0.39 is 0 Å². The van der Waals surface area contributed by atoms with Crippen LogP contribution in [0.15, 0.2) is 30.3 Å². The Morgan fingerprint density at radius 2 is 1.82 bits per heavy atom. The molecule has 1 N–H and O–H groups in total. The van der Waals surface area contributed by atoms with Gasteiger partial charge in [0.1, 0.15) is 0 Å². The highest BCUT2D eigenvalue weighted by Gasteiger charge is 2.39. The zero-order valence-corrected chi connectivity index (χ0v) is 13.1. The monoisotopic (exact) mass is 300 g/mol. The van der Waals surface area contributed by atoms with Crippen molar-refractivity contribution in [1.82, 2.24) is 10.2 Å². The molecule has 2 fully saturated rings. The van der Waals surface area contributed by atoms with E-state index in [0.717, 1.165) is 18.4 Å². The van der Waals surface area contributed by atoms with Crippen molar-refractivity contribution in [2.24, 2.45) is 5.92 Å².